The molecule has 194 valence electrons. The molecule has 2 saturated heterocycles. The highest BCUT2D eigenvalue weighted by molar-refractivity contribution is 7.80. The van der Waals surface area contributed by atoms with Crippen LogP contribution >= 0.6 is 23.8 Å². The Bertz CT molecular complexity index is 1060. The van der Waals surface area contributed by atoms with E-state index in [0.717, 1.165) is 55.7 Å². The van der Waals surface area contributed by atoms with E-state index < -0.39 is 0 Å². The third kappa shape index (κ3) is 5.87. The molecule has 1 atom stereocenters. The number of ether oxygens (including phenoxy) is 1. The quantitative estimate of drug-likeness (QED) is 0.499. The van der Waals surface area contributed by atoms with Gasteiger partial charge in [0.25, 0.3) is 0 Å². The van der Waals surface area contributed by atoms with Crippen molar-refractivity contribution < 1.29 is 4.74 Å². The molecule has 9 heteroatoms. The fourth-order valence-electron chi connectivity index (χ4n) is 5.85. The summed E-state index contributed by atoms with van der Waals surface area (Å²) in [4.78, 5) is 14.5. The van der Waals surface area contributed by atoms with Gasteiger partial charge in [0, 0.05) is 48.7 Å². The minimum Gasteiger partial charge on any atom is -0.378 e. The molecule has 1 saturated carbocycles. The van der Waals surface area contributed by atoms with Gasteiger partial charge in [0.05, 0.1) is 13.2 Å². The zero-order valence-corrected chi connectivity index (χ0v) is 22.7. The molecule has 5 rings (SSSR count). The van der Waals surface area contributed by atoms with Crippen LogP contribution < -0.4 is 20.4 Å². The average molecular weight is 529 g/mol. The second-order valence-corrected chi connectivity index (χ2v) is 11.2. The molecule has 0 amide bonds. The maximum absolute atomic E-state index is 6.33. The Morgan fingerprint density at radius 3 is 2.61 bits per heavy atom. The number of halogens is 1. The Balaban J connectivity index is 1.33. The molecule has 2 aliphatic heterocycles. The van der Waals surface area contributed by atoms with Crippen molar-refractivity contribution in [3.8, 4) is 0 Å². The first-order valence-corrected chi connectivity index (χ1v) is 14.1. The summed E-state index contributed by atoms with van der Waals surface area (Å²) in [5, 5.41) is 8.14. The number of hydrogen-bond acceptors (Lipinski definition) is 6. The van der Waals surface area contributed by atoms with E-state index >= 15 is 0 Å². The summed E-state index contributed by atoms with van der Waals surface area (Å²) in [5.74, 6) is 2.44. The molecule has 0 spiro atoms. The standard InChI is InChI=1S/C27H37ClN6OS/c1-20-7-2-5-12-34(20)24-18-23(33-13-15-35-16-14-33)30-25(31-24)32-26(36)29-19-27(10-3-4-11-27)21-8-6-9-22(28)17-21/h6,8-9,17-18,20H,2-5,7,10-16,19H2,1H3,(H2,29,30,31,32,36). The molecule has 2 aromatic rings. The van der Waals surface area contributed by atoms with Crippen molar-refractivity contribution in [3.05, 3.63) is 40.9 Å². The second kappa shape index (κ2) is 11.5. The van der Waals surface area contributed by atoms with Gasteiger partial charge in [-0.25, -0.2) is 0 Å². The van der Waals surface area contributed by atoms with Gasteiger partial charge in [-0.15, -0.1) is 0 Å². The van der Waals surface area contributed by atoms with Crippen molar-refractivity contribution in [2.45, 2.75) is 63.3 Å². The molecule has 3 fully saturated rings. The number of nitrogens with one attached hydrogen (secondary N) is 2. The Morgan fingerprint density at radius 1 is 1.08 bits per heavy atom. The first-order valence-electron chi connectivity index (χ1n) is 13.3. The predicted molar refractivity (Wildman–Crippen MR) is 152 cm³/mol. The minimum absolute atomic E-state index is 0.0432. The molecule has 1 unspecified atom stereocenters. The van der Waals surface area contributed by atoms with Crippen LogP contribution in [0, 0.1) is 0 Å². The number of morpholine rings is 1. The predicted octanol–water partition coefficient (Wildman–Crippen LogP) is 5.14. The first-order chi connectivity index (χ1) is 17.5. The lowest BCUT2D eigenvalue weighted by atomic mass is 9.79. The van der Waals surface area contributed by atoms with Crippen molar-refractivity contribution in [2.75, 3.05) is 54.5 Å². The third-order valence-electron chi connectivity index (χ3n) is 7.94. The summed E-state index contributed by atoms with van der Waals surface area (Å²) in [6, 6.07) is 10.9. The maximum Gasteiger partial charge on any atom is 0.232 e. The van der Waals surface area contributed by atoms with Gasteiger partial charge in [-0.1, -0.05) is 36.6 Å². The Hall–Kier alpha value is -2.16. The van der Waals surface area contributed by atoms with Gasteiger partial charge in [-0.2, -0.15) is 9.97 Å². The summed E-state index contributed by atoms with van der Waals surface area (Å²) in [6.45, 7) is 7.16. The summed E-state index contributed by atoms with van der Waals surface area (Å²) < 4.78 is 5.56. The lowest BCUT2D eigenvalue weighted by Gasteiger charge is -2.35. The number of nitrogens with zero attached hydrogens (tertiary/aromatic N) is 4. The van der Waals surface area contributed by atoms with E-state index in [1.165, 1.54) is 37.7 Å². The van der Waals surface area contributed by atoms with Crippen LogP contribution in [0.15, 0.2) is 30.3 Å². The molecule has 7 nitrogen and oxygen atoms in total. The molecule has 3 aliphatic rings. The molecule has 36 heavy (non-hydrogen) atoms. The molecule has 1 aromatic heterocycles. The molecule has 0 radical (unpaired) electrons. The summed E-state index contributed by atoms with van der Waals surface area (Å²) in [7, 11) is 0. The number of piperidine rings is 1. The van der Waals surface area contributed by atoms with Gasteiger partial charge in [-0.05, 0) is 68.9 Å². The number of anilines is 3. The van der Waals surface area contributed by atoms with Crippen molar-refractivity contribution in [3.63, 3.8) is 0 Å². The van der Waals surface area contributed by atoms with Crippen LogP contribution in [0.5, 0.6) is 0 Å². The monoisotopic (exact) mass is 528 g/mol. The normalized spacial score (nSPS) is 21.9. The summed E-state index contributed by atoms with van der Waals surface area (Å²) in [5.41, 5.74) is 1.33. The fraction of sp³-hybridized carbons (Fsp3) is 0.593. The minimum atomic E-state index is 0.0432. The zero-order chi connectivity index (χ0) is 25.0. The number of hydrogen-bond donors (Lipinski definition) is 2. The smallest absolute Gasteiger partial charge is 0.232 e. The lowest BCUT2D eigenvalue weighted by Crippen LogP contribution is -2.42. The van der Waals surface area contributed by atoms with Crippen molar-refractivity contribution in [1.82, 2.24) is 15.3 Å². The number of aromatic nitrogens is 2. The Labute approximate surface area is 225 Å². The van der Waals surface area contributed by atoms with Crippen LogP contribution in [-0.2, 0) is 10.2 Å². The highest BCUT2D eigenvalue weighted by Gasteiger charge is 2.36. The molecular weight excluding hydrogens is 492 g/mol. The Kier molecular flexibility index (Phi) is 8.13. The number of thiocarbonyl (C=S) groups is 1. The molecule has 1 aliphatic carbocycles. The van der Waals surface area contributed by atoms with Crippen LogP contribution in [0.2, 0.25) is 5.02 Å². The van der Waals surface area contributed by atoms with Crippen LogP contribution in [0.25, 0.3) is 0 Å². The third-order valence-corrected chi connectivity index (χ3v) is 8.42. The fourth-order valence-corrected chi connectivity index (χ4v) is 6.20. The highest BCUT2D eigenvalue weighted by Crippen LogP contribution is 2.41. The van der Waals surface area contributed by atoms with E-state index in [1.807, 2.05) is 12.1 Å². The van der Waals surface area contributed by atoms with Crippen molar-refractivity contribution in [1.29, 1.82) is 0 Å². The van der Waals surface area contributed by atoms with Crippen LogP contribution in [0.4, 0.5) is 17.6 Å². The van der Waals surface area contributed by atoms with E-state index in [1.54, 1.807) is 0 Å². The van der Waals surface area contributed by atoms with E-state index in [4.69, 9.17) is 38.5 Å². The zero-order valence-electron chi connectivity index (χ0n) is 21.1. The van der Waals surface area contributed by atoms with Crippen molar-refractivity contribution in [2.24, 2.45) is 0 Å². The number of rotatable bonds is 6. The van der Waals surface area contributed by atoms with Gasteiger partial charge < -0.3 is 25.2 Å². The van der Waals surface area contributed by atoms with E-state index in [0.29, 0.717) is 30.3 Å². The molecule has 1 aromatic carbocycles. The van der Waals surface area contributed by atoms with Gasteiger partial charge in [-0.3, -0.25) is 0 Å². The molecular formula is C27H37ClN6OS. The second-order valence-electron chi connectivity index (χ2n) is 10.4. The highest BCUT2D eigenvalue weighted by atomic mass is 35.5. The molecule has 3 heterocycles. The van der Waals surface area contributed by atoms with Gasteiger partial charge in [0.2, 0.25) is 5.95 Å². The number of benzene rings is 1. The molecule has 0 bridgehead atoms. The average Bonchev–Trinajstić information content (AvgIpc) is 3.38. The van der Waals surface area contributed by atoms with Gasteiger partial charge in [0.15, 0.2) is 5.11 Å². The summed E-state index contributed by atoms with van der Waals surface area (Å²) >= 11 is 12.1. The molecule has 2 N–H and O–H groups in total. The SMILES string of the molecule is CC1CCCCN1c1cc(N2CCOCC2)nc(NC(=S)NCC2(c3cccc(Cl)c3)CCCC2)n1. The maximum atomic E-state index is 6.33. The van der Waals surface area contributed by atoms with Crippen molar-refractivity contribution >= 4 is 46.5 Å². The van der Waals surface area contributed by atoms with Gasteiger partial charge >= 0.3 is 0 Å². The van der Waals surface area contributed by atoms with Crippen LogP contribution in [0.1, 0.15) is 57.4 Å². The van der Waals surface area contributed by atoms with E-state index in [2.05, 4.69) is 45.6 Å². The largest absolute Gasteiger partial charge is 0.378 e. The first kappa shape index (κ1) is 25.5. The lowest BCUT2D eigenvalue weighted by molar-refractivity contribution is 0.122. The summed E-state index contributed by atoms with van der Waals surface area (Å²) in [6.07, 6.45) is 8.34. The van der Waals surface area contributed by atoms with Gasteiger partial charge in [0.1, 0.15) is 11.6 Å². The van der Waals surface area contributed by atoms with Crippen LogP contribution in [-0.4, -0.2) is 60.5 Å². The Morgan fingerprint density at radius 2 is 1.86 bits per heavy atom. The van der Waals surface area contributed by atoms with Crippen LogP contribution in [0.3, 0.4) is 0 Å². The van der Waals surface area contributed by atoms with E-state index in [-0.39, 0.29) is 5.41 Å². The topological polar surface area (TPSA) is 65.6 Å². The van der Waals surface area contributed by atoms with E-state index in [9.17, 15) is 0 Å².